The first-order valence-corrected chi connectivity index (χ1v) is 10.8. The van der Waals surface area contributed by atoms with Gasteiger partial charge in [0.15, 0.2) is 17.3 Å². The number of hydrogen-bond donors (Lipinski definition) is 1. The largest absolute Gasteiger partial charge is 0.493 e. The molecular formula is C21H27N3O4S. The zero-order chi connectivity index (χ0) is 20.5. The van der Waals surface area contributed by atoms with Gasteiger partial charge in [-0.25, -0.2) is 4.99 Å². The molecule has 1 fully saturated rings. The van der Waals surface area contributed by atoms with Crippen LogP contribution in [-0.4, -0.2) is 36.2 Å². The Morgan fingerprint density at radius 1 is 1.07 bits per heavy atom. The number of aliphatic imine (C=N–C) groups is 1. The van der Waals surface area contributed by atoms with Crippen LogP contribution in [0.4, 0.5) is 5.82 Å². The van der Waals surface area contributed by atoms with E-state index in [0.29, 0.717) is 28.9 Å². The average molecular weight is 418 g/mol. The Hall–Kier alpha value is -2.35. The van der Waals surface area contributed by atoms with Gasteiger partial charge in [-0.1, -0.05) is 31.0 Å². The van der Waals surface area contributed by atoms with Gasteiger partial charge in [0, 0.05) is 0 Å². The van der Waals surface area contributed by atoms with E-state index >= 15 is 0 Å². The fourth-order valence-electron chi connectivity index (χ4n) is 4.30. The Bertz CT molecular complexity index is 963. The number of rotatable bonds is 5. The molecule has 2 aliphatic rings. The van der Waals surface area contributed by atoms with Gasteiger partial charge >= 0.3 is 0 Å². The molecule has 156 valence electrons. The van der Waals surface area contributed by atoms with E-state index in [-0.39, 0.29) is 10.8 Å². The second-order valence-electron chi connectivity index (χ2n) is 7.43. The minimum Gasteiger partial charge on any atom is -0.493 e. The van der Waals surface area contributed by atoms with E-state index in [2.05, 4.69) is 5.10 Å². The lowest BCUT2D eigenvalue weighted by Gasteiger charge is -2.26. The van der Waals surface area contributed by atoms with Crippen molar-refractivity contribution < 1.29 is 14.2 Å². The summed E-state index contributed by atoms with van der Waals surface area (Å²) in [6.07, 6.45) is 5.79. The van der Waals surface area contributed by atoms with Gasteiger partial charge in [-0.2, -0.15) is 0 Å². The van der Waals surface area contributed by atoms with Crippen LogP contribution in [0.15, 0.2) is 21.9 Å². The molecular weight excluding hydrogens is 390 g/mol. The number of benzene rings is 1. The van der Waals surface area contributed by atoms with E-state index in [1.54, 1.807) is 33.1 Å². The van der Waals surface area contributed by atoms with E-state index in [4.69, 9.17) is 19.2 Å². The number of H-pyrrole nitrogens is 1. The van der Waals surface area contributed by atoms with Crippen LogP contribution in [0.1, 0.15) is 61.4 Å². The molecule has 8 heteroatoms. The molecule has 7 nitrogen and oxygen atoms in total. The molecule has 0 spiro atoms. The Morgan fingerprint density at radius 3 is 2.31 bits per heavy atom. The van der Waals surface area contributed by atoms with Gasteiger partial charge in [0.05, 0.1) is 43.2 Å². The number of methoxy groups -OCH3 is 3. The number of ether oxygens (including phenoxy) is 3. The van der Waals surface area contributed by atoms with Gasteiger partial charge in [-0.3, -0.25) is 14.6 Å². The Labute approximate surface area is 174 Å². The number of thioether (sulfide) groups is 1. The highest BCUT2D eigenvalue weighted by atomic mass is 32.2. The van der Waals surface area contributed by atoms with E-state index in [1.807, 2.05) is 23.7 Å². The van der Waals surface area contributed by atoms with E-state index in [1.165, 1.54) is 19.3 Å². The van der Waals surface area contributed by atoms with Crippen LogP contribution in [0.2, 0.25) is 0 Å². The van der Waals surface area contributed by atoms with Gasteiger partial charge in [-0.15, -0.1) is 0 Å². The van der Waals surface area contributed by atoms with Crippen molar-refractivity contribution in [2.45, 2.75) is 50.3 Å². The molecule has 0 bridgehead atoms. The highest BCUT2D eigenvalue weighted by molar-refractivity contribution is 8.14. The lowest BCUT2D eigenvalue weighted by molar-refractivity contribution is 0.324. The first-order chi connectivity index (χ1) is 14.1. The highest BCUT2D eigenvalue weighted by Gasteiger charge is 2.33. The fourth-order valence-corrected chi connectivity index (χ4v) is 5.38. The zero-order valence-electron chi connectivity index (χ0n) is 17.3. The number of aromatic nitrogens is 2. The second-order valence-corrected chi connectivity index (χ2v) is 8.73. The second kappa shape index (κ2) is 8.18. The van der Waals surface area contributed by atoms with Gasteiger partial charge < -0.3 is 14.2 Å². The van der Waals surface area contributed by atoms with Crippen molar-refractivity contribution in [1.82, 2.24) is 9.78 Å². The summed E-state index contributed by atoms with van der Waals surface area (Å²) in [5.41, 5.74) is 1.54. The molecule has 1 aromatic heterocycles. The van der Waals surface area contributed by atoms with Gasteiger partial charge in [0.25, 0.3) is 5.56 Å². The highest BCUT2D eigenvalue weighted by Crippen LogP contribution is 2.48. The maximum absolute atomic E-state index is 13.0. The topological polar surface area (TPSA) is 77.8 Å². The molecule has 1 aliphatic carbocycles. The number of nitrogens with one attached hydrogen (secondary N) is 1. The summed E-state index contributed by atoms with van der Waals surface area (Å²) in [5, 5.41) is 3.82. The fraction of sp³-hybridized carbons (Fsp3) is 0.524. The monoisotopic (exact) mass is 417 g/mol. The summed E-state index contributed by atoms with van der Waals surface area (Å²) in [6.45, 7) is 1.99. The lowest BCUT2D eigenvalue weighted by atomic mass is 9.95. The van der Waals surface area contributed by atoms with Crippen LogP contribution in [-0.2, 0) is 0 Å². The zero-order valence-corrected chi connectivity index (χ0v) is 18.1. The summed E-state index contributed by atoms with van der Waals surface area (Å²) < 4.78 is 18.5. The number of nitrogens with zero attached hydrogens (tertiary/aromatic N) is 2. The molecule has 2 heterocycles. The lowest BCUT2D eigenvalue weighted by Crippen LogP contribution is -2.16. The van der Waals surface area contributed by atoms with Crippen molar-refractivity contribution >= 4 is 22.6 Å². The summed E-state index contributed by atoms with van der Waals surface area (Å²) in [6, 6.07) is 4.14. The minimum atomic E-state index is -0.190. The van der Waals surface area contributed by atoms with Crippen LogP contribution in [0.3, 0.4) is 0 Å². The van der Waals surface area contributed by atoms with Crippen molar-refractivity contribution in [3.05, 3.63) is 33.6 Å². The quantitative estimate of drug-likeness (QED) is 0.770. The van der Waals surface area contributed by atoms with Crippen LogP contribution < -0.4 is 19.8 Å². The summed E-state index contributed by atoms with van der Waals surface area (Å²) in [4.78, 5) is 17.8. The number of fused-ring (bicyclic) bond motifs is 1. The van der Waals surface area contributed by atoms with Gasteiger partial charge in [-0.05, 0) is 37.5 Å². The molecule has 2 aromatic rings. The predicted molar refractivity (Wildman–Crippen MR) is 115 cm³/mol. The number of aromatic amines is 1. The van der Waals surface area contributed by atoms with Crippen LogP contribution in [0.25, 0.3) is 0 Å². The summed E-state index contributed by atoms with van der Waals surface area (Å²) >= 11 is 1.57. The Balaban J connectivity index is 1.83. The van der Waals surface area contributed by atoms with E-state index < -0.39 is 0 Å². The summed E-state index contributed by atoms with van der Waals surface area (Å²) in [5.74, 6) is 2.45. The van der Waals surface area contributed by atoms with Crippen molar-refractivity contribution in [3.8, 4) is 17.2 Å². The van der Waals surface area contributed by atoms with Gasteiger partial charge in [0.2, 0.25) is 5.75 Å². The summed E-state index contributed by atoms with van der Waals surface area (Å²) in [7, 11) is 4.78. The van der Waals surface area contributed by atoms with Crippen molar-refractivity contribution in [2.75, 3.05) is 21.3 Å². The average Bonchev–Trinajstić information content (AvgIpc) is 3.08. The van der Waals surface area contributed by atoms with Crippen molar-refractivity contribution in [1.29, 1.82) is 0 Å². The van der Waals surface area contributed by atoms with Gasteiger partial charge in [0.1, 0.15) is 0 Å². The van der Waals surface area contributed by atoms with Crippen LogP contribution in [0, 0.1) is 0 Å². The SMILES string of the molecule is COc1cc([C@@H]2SC(C)=Nc3c2c(=O)[nH]n3C2CCCCC2)cc(OC)c1OC. The molecule has 1 aliphatic heterocycles. The van der Waals surface area contributed by atoms with E-state index in [9.17, 15) is 4.79 Å². The molecule has 1 aromatic carbocycles. The first-order valence-electron chi connectivity index (χ1n) is 9.93. The van der Waals surface area contributed by atoms with Crippen LogP contribution in [0.5, 0.6) is 17.2 Å². The predicted octanol–water partition coefficient (Wildman–Crippen LogP) is 4.59. The molecule has 4 rings (SSSR count). The number of hydrogen-bond acceptors (Lipinski definition) is 6. The third-order valence-electron chi connectivity index (χ3n) is 5.68. The Morgan fingerprint density at radius 2 is 1.72 bits per heavy atom. The molecule has 29 heavy (non-hydrogen) atoms. The molecule has 1 atom stereocenters. The standard InChI is InChI=1S/C21H27N3O4S/c1-12-22-20-17(21(25)23-24(20)14-8-6-5-7-9-14)19(29-12)13-10-15(26-2)18(28-4)16(11-13)27-3/h10-11,14,19H,5-9H2,1-4H3,(H,23,25)/t19-/m0/s1. The van der Waals surface area contributed by atoms with Crippen molar-refractivity contribution in [2.24, 2.45) is 4.99 Å². The third kappa shape index (κ3) is 3.54. The molecule has 1 N–H and O–H groups in total. The molecule has 0 amide bonds. The smallest absolute Gasteiger partial charge is 0.271 e. The molecule has 0 radical (unpaired) electrons. The normalized spacial score (nSPS) is 19.4. The molecule has 1 saturated carbocycles. The van der Waals surface area contributed by atoms with Crippen LogP contribution >= 0.6 is 11.8 Å². The molecule has 0 saturated heterocycles. The maximum Gasteiger partial charge on any atom is 0.271 e. The molecule has 0 unspecified atom stereocenters. The van der Waals surface area contributed by atoms with Crippen molar-refractivity contribution in [3.63, 3.8) is 0 Å². The maximum atomic E-state index is 13.0. The Kier molecular flexibility index (Phi) is 5.63. The van der Waals surface area contributed by atoms with E-state index in [0.717, 1.165) is 29.3 Å². The first kappa shape index (κ1) is 19.9. The third-order valence-corrected chi connectivity index (χ3v) is 6.86. The minimum absolute atomic E-state index is 0.0759.